The normalized spacial score (nSPS) is 18.4. The Morgan fingerprint density at radius 2 is 2.00 bits per heavy atom. The Bertz CT molecular complexity index is 573. The zero-order valence-electron chi connectivity index (χ0n) is 10.8. The fourth-order valence-electron chi connectivity index (χ4n) is 3.20. The van der Waals surface area contributed by atoms with Gasteiger partial charge in [-0.2, -0.15) is 0 Å². The van der Waals surface area contributed by atoms with Gasteiger partial charge in [0.1, 0.15) is 11.5 Å². The molecule has 1 aliphatic rings. The van der Waals surface area contributed by atoms with Crippen LogP contribution in [0.25, 0.3) is 0 Å². The van der Waals surface area contributed by atoms with Crippen LogP contribution in [0.15, 0.2) is 29.6 Å². The van der Waals surface area contributed by atoms with Crippen molar-refractivity contribution in [2.45, 2.75) is 37.5 Å². The minimum atomic E-state index is -0.161. The maximum Gasteiger partial charge on any atom is 0.329 e. The first-order valence-electron chi connectivity index (χ1n) is 6.73. The van der Waals surface area contributed by atoms with Gasteiger partial charge in [-0.1, -0.05) is 42.7 Å². The highest BCUT2D eigenvalue weighted by Gasteiger charge is 2.39. The van der Waals surface area contributed by atoms with Crippen molar-refractivity contribution in [1.29, 1.82) is 0 Å². The molecule has 2 aromatic rings. The predicted octanol–water partition coefficient (Wildman–Crippen LogP) is 3.53. The summed E-state index contributed by atoms with van der Waals surface area (Å²) < 4.78 is 13.6. The van der Waals surface area contributed by atoms with Crippen molar-refractivity contribution in [2.75, 3.05) is 5.73 Å². The van der Waals surface area contributed by atoms with E-state index in [0.29, 0.717) is 0 Å². The van der Waals surface area contributed by atoms with Crippen LogP contribution in [0.1, 0.15) is 43.4 Å². The van der Waals surface area contributed by atoms with Crippen molar-refractivity contribution in [1.82, 2.24) is 0 Å². The number of thiazole rings is 1. The number of hydrogen-bond donors (Lipinski definition) is 1. The third kappa shape index (κ3) is 2.25. The summed E-state index contributed by atoms with van der Waals surface area (Å²) in [5.74, 6) is -0.161. The molecule has 2 nitrogen and oxygen atoms in total. The summed E-state index contributed by atoms with van der Waals surface area (Å²) in [6, 6.07) is 7.02. The lowest BCUT2D eigenvalue weighted by atomic mass is 9.67. The van der Waals surface area contributed by atoms with Crippen LogP contribution < -0.4 is 10.7 Å². The van der Waals surface area contributed by atoms with Gasteiger partial charge in [0, 0.05) is 5.38 Å². The zero-order chi connectivity index (χ0) is 13.3. The third-order valence-corrected chi connectivity index (χ3v) is 4.87. The van der Waals surface area contributed by atoms with E-state index in [1.165, 1.54) is 36.7 Å². The molecule has 1 aliphatic carbocycles. The second-order valence-corrected chi connectivity index (χ2v) is 6.20. The van der Waals surface area contributed by atoms with Gasteiger partial charge < -0.3 is 0 Å². The Kier molecular flexibility index (Phi) is 3.27. The number of H-pyrrole nitrogens is 1. The first-order valence-corrected chi connectivity index (χ1v) is 7.61. The number of halogens is 1. The van der Waals surface area contributed by atoms with E-state index in [1.807, 2.05) is 6.07 Å². The molecule has 1 aromatic heterocycles. The molecule has 100 valence electrons. The third-order valence-electron chi connectivity index (χ3n) is 4.16. The Morgan fingerprint density at radius 3 is 2.63 bits per heavy atom. The largest absolute Gasteiger partial charge is 0.329 e. The van der Waals surface area contributed by atoms with Crippen LogP contribution >= 0.6 is 11.3 Å². The van der Waals surface area contributed by atoms with E-state index in [0.717, 1.165) is 29.2 Å². The molecule has 0 spiro atoms. The van der Waals surface area contributed by atoms with Crippen molar-refractivity contribution in [2.24, 2.45) is 0 Å². The van der Waals surface area contributed by atoms with Gasteiger partial charge in [-0.15, -0.1) is 0 Å². The second-order valence-electron chi connectivity index (χ2n) is 5.29. The Balaban J connectivity index is 2.11. The molecule has 1 fully saturated rings. The van der Waals surface area contributed by atoms with E-state index < -0.39 is 0 Å². The van der Waals surface area contributed by atoms with Crippen LogP contribution in [0.2, 0.25) is 0 Å². The summed E-state index contributed by atoms with van der Waals surface area (Å²) in [6.07, 6.45) is 5.74. The Labute approximate surface area is 116 Å². The molecular formula is C15H18FN2S+. The maximum absolute atomic E-state index is 13.6. The molecule has 0 bridgehead atoms. The minimum Gasteiger partial charge on any atom is -0.278 e. The summed E-state index contributed by atoms with van der Waals surface area (Å²) in [4.78, 5) is 3.28. The highest BCUT2D eigenvalue weighted by molar-refractivity contribution is 7.13. The minimum absolute atomic E-state index is 0.0888. The zero-order valence-corrected chi connectivity index (χ0v) is 11.6. The van der Waals surface area contributed by atoms with Crippen molar-refractivity contribution in [3.8, 4) is 0 Å². The number of aromatic nitrogens is 1. The van der Waals surface area contributed by atoms with Crippen molar-refractivity contribution in [3.05, 3.63) is 46.7 Å². The number of nitrogens with two attached hydrogens (primary N) is 1. The molecule has 3 N–H and O–H groups in total. The van der Waals surface area contributed by atoms with E-state index in [2.05, 4.69) is 10.4 Å². The smallest absolute Gasteiger partial charge is 0.278 e. The van der Waals surface area contributed by atoms with Crippen LogP contribution in [0.4, 0.5) is 9.52 Å². The van der Waals surface area contributed by atoms with E-state index in [4.69, 9.17) is 5.73 Å². The summed E-state index contributed by atoms with van der Waals surface area (Å²) >= 11 is 1.52. The molecular weight excluding hydrogens is 259 g/mol. The highest BCUT2D eigenvalue weighted by Crippen LogP contribution is 2.44. The average molecular weight is 277 g/mol. The van der Waals surface area contributed by atoms with E-state index in [-0.39, 0.29) is 11.2 Å². The van der Waals surface area contributed by atoms with Gasteiger partial charge in [-0.3, -0.25) is 5.73 Å². The van der Waals surface area contributed by atoms with Crippen LogP contribution in [0, 0.1) is 5.82 Å². The molecule has 0 atom stereocenters. The van der Waals surface area contributed by atoms with E-state index in [9.17, 15) is 4.39 Å². The van der Waals surface area contributed by atoms with Crippen LogP contribution in [-0.2, 0) is 5.41 Å². The SMILES string of the molecule is Nc1[nH+]c(C2(c3cccc(F)c3)CCCCC2)cs1. The highest BCUT2D eigenvalue weighted by atomic mass is 32.1. The number of rotatable bonds is 2. The monoisotopic (exact) mass is 277 g/mol. The van der Waals surface area contributed by atoms with Gasteiger partial charge in [0.05, 0.1) is 5.41 Å². The molecule has 1 saturated carbocycles. The summed E-state index contributed by atoms with van der Waals surface area (Å²) in [7, 11) is 0. The number of nitrogen functional groups attached to an aromatic ring is 1. The van der Waals surface area contributed by atoms with Gasteiger partial charge in [-0.25, -0.2) is 9.37 Å². The standard InChI is InChI=1S/C15H17FN2S/c16-12-6-4-5-11(9-12)15(7-2-1-3-8-15)13-10-19-14(17)18-13/h4-6,9-10H,1-3,7-8H2,(H2,17,18)/p+1. The molecule has 0 radical (unpaired) electrons. The van der Waals surface area contributed by atoms with Gasteiger partial charge in [0.25, 0.3) is 0 Å². The number of benzene rings is 1. The van der Waals surface area contributed by atoms with Gasteiger partial charge in [0.15, 0.2) is 0 Å². The molecule has 0 aliphatic heterocycles. The van der Waals surface area contributed by atoms with Crippen molar-refractivity contribution >= 4 is 16.5 Å². The fraction of sp³-hybridized carbons (Fsp3) is 0.400. The lowest BCUT2D eigenvalue weighted by molar-refractivity contribution is -0.374. The van der Waals surface area contributed by atoms with Crippen LogP contribution in [-0.4, -0.2) is 0 Å². The number of aromatic amines is 1. The Morgan fingerprint density at radius 1 is 1.21 bits per heavy atom. The van der Waals surface area contributed by atoms with Gasteiger partial charge in [-0.05, 0) is 30.5 Å². The second kappa shape index (κ2) is 4.93. The summed E-state index contributed by atoms with van der Waals surface area (Å²) in [6.45, 7) is 0. The topological polar surface area (TPSA) is 40.2 Å². The number of anilines is 1. The fourth-order valence-corrected chi connectivity index (χ4v) is 3.90. The predicted molar refractivity (Wildman–Crippen MR) is 75.6 cm³/mol. The molecule has 1 aromatic carbocycles. The van der Waals surface area contributed by atoms with Crippen molar-refractivity contribution in [3.63, 3.8) is 0 Å². The molecule has 1 heterocycles. The quantitative estimate of drug-likeness (QED) is 0.896. The maximum atomic E-state index is 13.6. The summed E-state index contributed by atoms with van der Waals surface area (Å²) in [5.41, 5.74) is 7.96. The van der Waals surface area contributed by atoms with E-state index in [1.54, 1.807) is 12.1 Å². The lowest BCUT2D eigenvalue weighted by Crippen LogP contribution is -2.35. The molecule has 4 heteroatoms. The lowest BCUT2D eigenvalue weighted by Gasteiger charge is -2.35. The summed E-state index contributed by atoms with van der Waals surface area (Å²) in [5, 5.41) is 2.81. The first-order chi connectivity index (χ1) is 9.21. The average Bonchev–Trinajstić information content (AvgIpc) is 2.87. The molecule has 19 heavy (non-hydrogen) atoms. The van der Waals surface area contributed by atoms with Gasteiger partial charge in [0.2, 0.25) is 0 Å². The Hall–Kier alpha value is -1.42. The molecule has 0 unspecified atom stereocenters. The van der Waals surface area contributed by atoms with Gasteiger partial charge >= 0.3 is 5.13 Å². The molecule has 0 amide bonds. The van der Waals surface area contributed by atoms with Crippen molar-refractivity contribution < 1.29 is 9.37 Å². The number of nitrogens with one attached hydrogen (secondary N) is 1. The first kappa shape index (κ1) is 12.6. The van der Waals surface area contributed by atoms with E-state index >= 15 is 0 Å². The molecule has 0 saturated heterocycles. The van der Waals surface area contributed by atoms with Crippen LogP contribution in [0.5, 0.6) is 0 Å². The van der Waals surface area contributed by atoms with Crippen LogP contribution in [0.3, 0.4) is 0 Å². The molecule has 3 rings (SSSR count). The number of hydrogen-bond acceptors (Lipinski definition) is 2.